The molecule has 0 saturated heterocycles. The van der Waals surface area contributed by atoms with Gasteiger partial charge in [-0.3, -0.25) is 4.79 Å². The smallest absolute Gasteiger partial charge is 0.155 e. The molecule has 2 heteroatoms. The number of allylic oxidation sites excluding steroid dienone is 5. The van der Waals surface area contributed by atoms with Crippen molar-refractivity contribution < 1.29 is 9.90 Å². The van der Waals surface area contributed by atoms with Crippen molar-refractivity contribution in [2.24, 2.45) is 29.1 Å². The maximum absolute atomic E-state index is 11.7. The molecule has 4 rings (SSSR count). The molecule has 0 aliphatic heterocycles. The van der Waals surface area contributed by atoms with Crippen LogP contribution in [0.3, 0.4) is 0 Å². The predicted octanol–water partition coefficient (Wildman–Crippen LogP) is 3.04. The molecular weight excluding hydrogens is 272 g/mol. The van der Waals surface area contributed by atoms with Gasteiger partial charge in [-0.2, -0.15) is 0 Å². The van der Waals surface area contributed by atoms with Crippen LogP contribution in [-0.4, -0.2) is 16.5 Å². The monoisotopic (exact) mass is 294 g/mol. The van der Waals surface area contributed by atoms with Gasteiger partial charge >= 0.3 is 0 Å². The van der Waals surface area contributed by atoms with Gasteiger partial charge in [-0.25, -0.2) is 0 Å². The van der Waals surface area contributed by atoms with Crippen LogP contribution >= 0.6 is 0 Å². The van der Waals surface area contributed by atoms with E-state index in [0.29, 0.717) is 36.5 Å². The maximum Gasteiger partial charge on any atom is 0.155 e. The van der Waals surface area contributed by atoms with Crippen molar-refractivity contribution in [2.75, 3.05) is 0 Å². The molecule has 2 nitrogen and oxygen atoms in total. The molecule has 6 atom stereocenters. The fourth-order valence-corrected chi connectivity index (χ4v) is 5.33. The average Bonchev–Trinajstić information content (AvgIpc) is 2.79. The van der Waals surface area contributed by atoms with E-state index in [9.17, 15) is 9.90 Å². The van der Waals surface area contributed by atoms with E-state index in [-0.39, 0.29) is 11.2 Å². The molecule has 1 saturated carbocycles. The van der Waals surface area contributed by atoms with Crippen LogP contribution < -0.4 is 0 Å². The van der Waals surface area contributed by atoms with Gasteiger partial charge in [-0.1, -0.05) is 37.1 Å². The SMILES string of the molecule is C#C[C@]1(O)CC[C@H]2[C@@H]3C=CC4=CC(=O)CC[C@@H]4[C@H]3C=C[C@@]21C. The highest BCUT2D eigenvalue weighted by Crippen LogP contribution is 2.60. The molecule has 0 unspecified atom stereocenters. The lowest BCUT2D eigenvalue weighted by Gasteiger charge is -2.49. The van der Waals surface area contributed by atoms with Crippen molar-refractivity contribution in [1.82, 2.24) is 0 Å². The third-order valence-electron chi connectivity index (χ3n) is 6.72. The van der Waals surface area contributed by atoms with Crippen LogP contribution in [-0.2, 0) is 4.79 Å². The molecule has 0 aromatic rings. The molecule has 4 aliphatic carbocycles. The van der Waals surface area contributed by atoms with Gasteiger partial charge in [0.15, 0.2) is 5.78 Å². The number of ketones is 1. The predicted molar refractivity (Wildman–Crippen MR) is 85.7 cm³/mol. The molecule has 0 bridgehead atoms. The highest BCUT2D eigenvalue weighted by atomic mass is 16.3. The Bertz CT molecular complexity index is 662. The quantitative estimate of drug-likeness (QED) is 0.551. The first-order valence-electron chi connectivity index (χ1n) is 8.31. The topological polar surface area (TPSA) is 37.3 Å². The maximum atomic E-state index is 11.7. The number of rotatable bonds is 0. The van der Waals surface area contributed by atoms with Gasteiger partial charge in [0, 0.05) is 11.8 Å². The van der Waals surface area contributed by atoms with Gasteiger partial charge in [0.1, 0.15) is 5.60 Å². The molecule has 0 heterocycles. The van der Waals surface area contributed by atoms with Crippen molar-refractivity contribution in [1.29, 1.82) is 0 Å². The van der Waals surface area contributed by atoms with E-state index in [2.05, 4.69) is 37.1 Å². The van der Waals surface area contributed by atoms with Crippen LogP contribution in [0.15, 0.2) is 36.0 Å². The molecule has 1 N–H and O–H groups in total. The lowest BCUT2D eigenvalue weighted by atomic mass is 9.55. The van der Waals surface area contributed by atoms with Crippen LogP contribution in [0.25, 0.3) is 0 Å². The molecule has 0 aromatic heterocycles. The minimum absolute atomic E-state index is 0.251. The molecule has 0 aromatic carbocycles. The fraction of sp³-hybridized carbons (Fsp3) is 0.550. The first-order valence-corrected chi connectivity index (χ1v) is 8.31. The summed E-state index contributed by atoms with van der Waals surface area (Å²) < 4.78 is 0. The van der Waals surface area contributed by atoms with E-state index in [1.807, 2.05) is 6.08 Å². The van der Waals surface area contributed by atoms with E-state index in [4.69, 9.17) is 6.42 Å². The van der Waals surface area contributed by atoms with E-state index >= 15 is 0 Å². The summed E-state index contributed by atoms with van der Waals surface area (Å²) in [7, 11) is 0. The molecule has 0 spiro atoms. The summed E-state index contributed by atoms with van der Waals surface area (Å²) in [5.74, 6) is 4.62. The molecular formula is C20H22O2. The summed E-state index contributed by atoms with van der Waals surface area (Å²) in [4.78, 5) is 11.7. The van der Waals surface area contributed by atoms with Gasteiger partial charge in [0.2, 0.25) is 0 Å². The third-order valence-corrected chi connectivity index (χ3v) is 6.72. The Morgan fingerprint density at radius 1 is 1.32 bits per heavy atom. The summed E-state index contributed by atoms with van der Waals surface area (Å²) >= 11 is 0. The molecule has 0 amide bonds. The second-order valence-corrected chi connectivity index (χ2v) is 7.56. The first-order chi connectivity index (χ1) is 10.5. The largest absolute Gasteiger partial charge is 0.377 e. The van der Waals surface area contributed by atoms with E-state index in [1.165, 1.54) is 5.57 Å². The van der Waals surface area contributed by atoms with E-state index < -0.39 is 5.60 Å². The van der Waals surface area contributed by atoms with Crippen LogP contribution in [0.2, 0.25) is 0 Å². The summed E-state index contributed by atoms with van der Waals surface area (Å²) in [5, 5.41) is 10.8. The fourth-order valence-electron chi connectivity index (χ4n) is 5.33. The number of terminal acetylenes is 1. The number of hydrogen-bond donors (Lipinski definition) is 1. The molecule has 4 aliphatic rings. The standard InChI is InChI=1S/C20H22O2/c1-3-20(22)11-9-18-17-6-4-13-12-14(21)5-7-15(13)16(17)8-10-19(18,20)2/h1,4,6,8,10,12,15-18,22H,5,7,9,11H2,2H3/t15-,16+,17+,18-,19-,20-/m0/s1. The Balaban J connectivity index is 1.76. The van der Waals surface area contributed by atoms with Crippen LogP contribution in [0.4, 0.5) is 0 Å². The van der Waals surface area contributed by atoms with Crippen molar-refractivity contribution in [2.45, 2.75) is 38.2 Å². The Labute approximate surface area is 132 Å². The van der Waals surface area contributed by atoms with Crippen molar-refractivity contribution >= 4 is 5.78 Å². The number of aliphatic hydroxyl groups is 1. The van der Waals surface area contributed by atoms with E-state index in [0.717, 1.165) is 12.8 Å². The normalized spacial score (nSPS) is 49.0. The Kier molecular flexibility index (Phi) is 2.84. The summed E-state index contributed by atoms with van der Waals surface area (Å²) in [6.07, 6.45) is 19.6. The first kappa shape index (κ1) is 14.0. The van der Waals surface area contributed by atoms with Crippen molar-refractivity contribution in [3.05, 3.63) is 36.0 Å². The molecule has 0 radical (unpaired) electrons. The van der Waals surface area contributed by atoms with Gasteiger partial charge in [-0.05, 0) is 54.6 Å². The van der Waals surface area contributed by atoms with Crippen molar-refractivity contribution in [3.63, 3.8) is 0 Å². The second-order valence-electron chi connectivity index (χ2n) is 7.56. The lowest BCUT2D eigenvalue weighted by molar-refractivity contribution is -0.115. The van der Waals surface area contributed by atoms with Gasteiger partial charge in [0.25, 0.3) is 0 Å². The third kappa shape index (κ3) is 1.64. The Morgan fingerprint density at radius 2 is 2.14 bits per heavy atom. The zero-order valence-electron chi connectivity index (χ0n) is 13.0. The van der Waals surface area contributed by atoms with Gasteiger partial charge in [-0.15, -0.1) is 6.42 Å². The van der Waals surface area contributed by atoms with Crippen molar-refractivity contribution in [3.8, 4) is 12.3 Å². The highest BCUT2D eigenvalue weighted by molar-refractivity contribution is 5.92. The summed E-state index contributed by atoms with van der Waals surface area (Å²) in [6.45, 7) is 2.11. The second kappa shape index (κ2) is 4.46. The molecule has 22 heavy (non-hydrogen) atoms. The number of carbonyl (C=O) groups is 1. The number of fused-ring (bicyclic) bond motifs is 5. The zero-order valence-corrected chi connectivity index (χ0v) is 13.0. The van der Waals surface area contributed by atoms with Gasteiger partial charge < -0.3 is 5.11 Å². The minimum Gasteiger partial charge on any atom is -0.377 e. The molecule has 1 fully saturated rings. The van der Waals surface area contributed by atoms with E-state index in [1.54, 1.807) is 0 Å². The number of hydrogen-bond acceptors (Lipinski definition) is 2. The van der Waals surface area contributed by atoms with Crippen LogP contribution in [0, 0.1) is 41.4 Å². The van der Waals surface area contributed by atoms with Crippen LogP contribution in [0.5, 0.6) is 0 Å². The zero-order chi connectivity index (χ0) is 15.5. The lowest BCUT2D eigenvalue weighted by Crippen LogP contribution is -2.48. The Morgan fingerprint density at radius 3 is 2.91 bits per heavy atom. The Hall–Kier alpha value is -1.59. The van der Waals surface area contributed by atoms with Crippen LogP contribution in [0.1, 0.15) is 32.6 Å². The molecule has 114 valence electrons. The highest BCUT2D eigenvalue weighted by Gasteiger charge is 2.59. The minimum atomic E-state index is -1.02. The summed E-state index contributed by atoms with van der Waals surface area (Å²) in [6, 6.07) is 0. The average molecular weight is 294 g/mol. The summed E-state index contributed by atoms with van der Waals surface area (Å²) in [5.41, 5.74) is -0.166. The number of carbonyl (C=O) groups excluding carboxylic acids is 1. The van der Waals surface area contributed by atoms with Gasteiger partial charge in [0.05, 0.1) is 0 Å².